The maximum atomic E-state index is 10.1. The molecule has 0 spiro atoms. The first-order valence-corrected chi connectivity index (χ1v) is 7.72. The molecule has 1 unspecified atom stereocenters. The van der Waals surface area contributed by atoms with Crippen molar-refractivity contribution in [2.45, 2.75) is 12.7 Å². The van der Waals surface area contributed by atoms with E-state index in [9.17, 15) is 5.11 Å². The molecule has 0 aromatic heterocycles. The third-order valence-corrected chi connectivity index (χ3v) is 3.63. The summed E-state index contributed by atoms with van der Waals surface area (Å²) < 4.78 is 10.7. The molecule has 0 heterocycles. The minimum Gasteiger partial charge on any atom is -0.497 e. The van der Waals surface area contributed by atoms with Crippen LogP contribution < -0.4 is 9.64 Å². The van der Waals surface area contributed by atoms with Crippen LogP contribution >= 0.6 is 0 Å². The van der Waals surface area contributed by atoms with E-state index in [0.717, 1.165) is 17.0 Å². The molecule has 24 heavy (non-hydrogen) atoms. The molecule has 5 nitrogen and oxygen atoms in total. The SMILES string of the molecule is COc1cccc(COCC(O)CN(C)c2ccc(C#N)cc2)c1. The fourth-order valence-corrected chi connectivity index (χ4v) is 2.34. The zero-order valence-electron chi connectivity index (χ0n) is 14.0. The Balaban J connectivity index is 1.77. The van der Waals surface area contributed by atoms with Crippen LogP contribution in [0.2, 0.25) is 0 Å². The Labute approximate surface area is 142 Å². The van der Waals surface area contributed by atoms with Gasteiger partial charge in [-0.05, 0) is 42.0 Å². The van der Waals surface area contributed by atoms with Crippen molar-refractivity contribution in [2.75, 3.05) is 32.2 Å². The van der Waals surface area contributed by atoms with Crippen molar-refractivity contribution in [1.29, 1.82) is 5.26 Å². The number of nitrogens with zero attached hydrogens (tertiary/aromatic N) is 2. The van der Waals surface area contributed by atoms with E-state index < -0.39 is 6.10 Å². The summed E-state index contributed by atoms with van der Waals surface area (Å²) in [4.78, 5) is 1.93. The molecule has 126 valence electrons. The summed E-state index contributed by atoms with van der Waals surface area (Å²) in [6.07, 6.45) is -0.601. The van der Waals surface area contributed by atoms with Crippen LogP contribution in [0.5, 0.6) is 5.75 Å². The van der Waals surface area contributed by atoms with Gasteiger partial charge in [0, 0.05) is 19.3 Å². The van der Waals surface area contributed by atoms with Gasteiger partial charge in [0.15, 0.2) is 0 Å². The minimum atomic E-state index is -0.601. The largest absolute Gasteiger partial charge is 0.497 e. The standard InChI is InChI=1S/C19H22N2O3/c1-21(17-8-6-15(11-20)7-9-17)12-18(22)14-24-13-16-4-3-5-19(10-16)23-2/h3-10,18,22H,12-14H2,1-2H3. The topological polar surface area (TPSA) is 65.7 Å². The highest BCUT2D eigenvalue weighted by atomic mass is 16.5. The second-order valence-corrected chi connectivity index (χ2v) is 5.56. The average molecular weight is 326 g/mol. The number of benzene rings is 2. The van der Waals surface area contributed by atoms with E-state index in [2.05, 4.69) is 6.07 Å². The van der Waals surface area contributed by atoms with Crippen molar-refractivity contribution in [3.05, 3.63) is 59.7 Å². The van der Waals surface area contributed by atoms with Crippen molar-refractivity contribution < 1.29 is 14.6 Å². The highest BCUT2D eigenvalue weighted by molar-refractivity contribution is 5.49. The van der Waals surface area contributed by atoms with Gasteiger partial charge < -0.3 is 19.5 Å². The number of methoxy groups -OCH3 is 1. The summed E-state index contributed by atoms with van der Waals surface area (Å²) in [7, 11) is 3.52. The van der Waals surface area contributed by atoms with E-state index in [1.54, 1.807) is 19.2 Å². The van der Waals surface area contributed by atoms with Crippen molar-refractivity contribution in [2.24, 2.45) is 0 Å². The molecule has 0 bridgehead atoms. The number of aliphatic hydroxyl groups is 1. The van der Waals surface area contributed by atoms with E-state index in [4.69, 9.17) is 14.7 Å². The highest BCUT2D eigenvalue weighted by Crippen LogP contribution is 2.15. The number of nitriles is 1. The molecule has 0 fully saturated rings. The van der Waals surface area contributed by atoms with Crippen LogP contribution in [0.3, 0.4) is 0 Å². The van der Waals surface area contributed by atoms with Crippen molar-refractivity contribution in [3.8, 4) is 11.8 Å². The van der Waals surface area contributed by atoms with Gasteiger partial charge in [-0.25, -0.2) is 0 Å². The number of aliphatic hydroxyl groups excluding tert-OH is 1. The van der Waals surface area contributed by atoms with Gasteiger partial charge in [-0.2, -0.15) is 5.26 Å². The van der Waals surface area contributed by atoms with Crippen LogP contribution in [-0.4, -0.2) is 38.5 Å². The number of likely N-dealkylation sites (N-methyl/N-ethyl adjacent to an activating group) is 1. The Hall–Kier alpha value is -2.55. The van der Waals surface area contributed by atoms with Crippen molar-refractivity contribution >= 4 is 5.69 Å². The highest BCUT2D eigenvalue weighted by Gasteiger charge is 2.09. The third-order valence-electron chi connectivity index (χ3n) is 3.63. The summed E-state index contributed by atoms with van der Waals surface area (Å²) in [5.74, 6) is 0.789. The van der Waals surface area contributed by atoms with E-state index in [1.165, 1.54) is 0 Å². The maximum Gasteiger partial charge on any atom is 0.119 e. The van der Waals surface area contributed by atoms with Crippen LogP contribution in [-0.2, 0) is 11.3 Å². The van der Waals surface area contributed by atoms with Crippen LogP contribution in [0.25, 0.3) is 0 Å². The predicted octanol–water partition coefficient (Wildman–Crippen LogP) is 2.58. The number of anilines is 1. The molecular weight excluding hydrogens is 304 g/mol. The summed E-state index contributed by atoms with van der Waals surface area (Å²) >= 11 is 0. The monoisotopic (exact) mass is 326 g/mol. The second-order valence-electron chi connectivity index (χ2n) is 5.56. The first-order chi connectivity index (χ1) is 11.6. The van der Waals surface area contributed by atoms with Gasteiger partial charge in [0.25, 0.3) is 0 Å². The first kappa shape index (κ1) is 17.8. The molecule has 2 aromatic carbocycles. The van der Waals surface area contributed by atoms with Gasteiger partial charge in [0.05, 0.1) is 38.1 Å². The molecule has 5 heteroatoms. The summed E-state index contributed by atoms with van der Waals surface area (Å²) in [5.41, 5.74) is 2.57. The minimum absolute atomic E-state index is 0.248. The van der Waals surface area contributed by atoms with Gasteiger partial charge in [0.2, 0.25) is 0 Å². The molecule has 1 atom stereocenters. The van der Waals surface area contributed by atoms with E-state index in [1.807, 2.05) is 48.3 Å². The Morgan fingerprint density at radius 2 is 1.96 bits per heavy atom. The van der Waals surface area contributed by atoms with E-state index >= 15 is 0 Å². The summed E-state index contributed by atoms with van der Waals surface area (Å²) in [6.45, 7) is 1.12. The van der Waals surface area contributed by atoms with Crippen molar-refractivity contribution in [3.63, 3.8) is 0 Å². The molecule has 0 aliphatic heterocycles. The lowest BCUT2D eigenvalue weighted by Gasteiger charge is -2.22. The zero-order chi connectivity index (χ0) is 17.4. The van der Waals surface area contributed by atoms with Crippen LogP contribution in [0.4, 0.5) is 5.69 Å². The molecule has 2 rings (SSSR count). The van der Waals surface area contributed by atoms with Crippen LogP contribution in [0, 0.1) is 11.3 Å². The van der Waals surface area contributed by atoms with Gasteiger partial charge in [-0.1, -0.05) is 12.1 Å². The molecule has 0 aliphatic carbocycles. The lowest BCUT2D eigenvalue weighted by molar-refractivity contribution is 0.0324. The third kappa shape index (κ3) is 5.27. The van der Waals surface area contributed by atoms with Gasteiger partial charge in [-0.15, -0.1) is 0 Å². The second kappa shape index (κ2) is 8.92. The van der Waals surface area contributed by atoms with Crippen molar-refractivity contribution in [1.82, 2.24) is 0 Å². The zero-order valence-corrected chi connectivity index (χ0v) is 14.0. The fourth-order valence-electron chi connectivity index (χ4n) is 2.34. The quantitative estimate of drug-likeness (QED) is 0.808. The molecule has 1 N–H and O–H groups in total. The van der Waals surface area contributed by atoms with Gasteiger partial charge in [-0.3, -0.25) is 0 Å². The summed E-state index contributed by atoms with van der Waals surface area (Å²) in [6, 6.07) is 17.0. The van der Waals surface area contributed by atoms with Crippen LogP contribution in [0.15, 0.2) is 48.5 Å². The van der Waals surface area contributed by atoms with Gasteiger partial charge in [0.1, 0.15) is 5.75 Å². The number of hydrogen-bond donors (Lipinski definition) is 1. The number of hydrogen-bond acceptors (Lipinski definition) is 5. The predicted molar refractivity (Wildman–Crippen MR) is 93.1 cm³/mol. The fraction of sp³-hybridized carbons (Fsp3) is 0.316. The Morgan fingerprint density at radius 1 is 1.21 bits per heavy atom. The normalized spacial score (nSPS) is 11.6. The lowest BCUT2D eigenvalue weighted by atomic mass is 10.2. The Kier molecular flexibility index (Phi) is 6.62. The van der Waals surface area contributed by atoms with E-state index in [-0.39, 0.29) is 6.61 Å². The molecule has 0 radical (unpaired) electrons. The molecule has 0 saturated heterocycles. The van der Waals surface area contributed by atoms with Crippen LogP contribution in [0.1, 0.15) is 11.1 Å². The Morgan fingerprint density at radius 3 is 2.62 bits per heavy atom. The average Bonchev–Trinajstić information content (AvgIpc) is 2.62. The molecule has 0 aliphatic rings. The first-order valence-electron chi connectivity index (χ1n) is 7.72. The molecule has 2 aromatic rings. The maximum absolute atomic E-state index is 10.1. The Bertz CT molecular complexity index is 680. The smallest absolute Gasteiger partial charge is 0.119 e. The molecule has 0 amide bonds. The van der Waals surface area contributed by atoms with E-state index in [0.29, 0.717) is 18.7 Å². The molecular formula is C19H22N2O3. The number of rotatable bonds is 8. The van der Waals surface area contributed by atoms with Gasteiger partial charge >= 0.3 is 0 Å². The lowest BCUT2D eigenvalue weighted by Crippen LogP contribution is -2.32. The number of ether oxygens (including phenoxy) is 2. The molecule has 0 saturated carbocycles. The summed E-state index contributed by atoms with van der Waals surface area (Å²) in [5, 5.41) is 18.9.